The Hall–Kier alpha value is -2.38. The van der Waals surface area contributed by atoms with Gasteiger partial charge in [0.1, 0.15) is 11.5 Å². The van der Waals surface area contributed by atoms with E-state index in [1.165, 1.54) is 31.2 Å². The highest BCUT2D eigenvalue weighted by Crippen LogP contribution is 2.43. The lowest BCUT2D eigenvalue weighted by Crippen LogP contribution is -2.28. The van der Waals surface area contributed by atoms with Gasteiger partial charge in [0.2, 0.25) is 0 Å². The van der Waals surface area contributed by atoms with Crippen LogP contribution in [0, 0.1) is 0 Å². The van der Waals surface area contributed by atoms with Gasteiger partial charge in [-0.05, 0) is 78.7 Å². The SMILES string of the molecule is CC1CCCN1c1cc(C(C)(C)C)cc(C(C)(C)C)c1O.CC1CCCN1c1ccccc1O.O=[P+]([O-])OO.[HH]. The number of para-hydroxylation sites is 2. The van der Waals surface area contributed by atoms with Crippen molar-refractivity contribution < 1.29 is 31.0 Å². The molecular weight excluding hydrogens is 515 g/mol. The molecule has 3 unspecified atom stereocenters. The number of phenols is 2. The lowest BCUT2D eigenvalue weighted by Gasteiger charge is -2.32. The zero-order chi connectivity index (χ0) is 29.5. The Morgan fingerprint density at radius 1 is 0.897 bits per heavy atom. The molecule has 0 bridgehead atoms. The van der Waals surface area contributed by atoms with E-state index < -0.39 is 8.25 Å². The molecule has 2 aliphatic heterocycles. The predicted molar refractivity (Wildman–Crippen MR) is 159 cm³/mol. The molecule has 4 rings (SSSR count). The highest BCUT2D eigenvalue weighted by atomic mass is 31.1. The lowest BCUT2D eigenvalue weighted by molar-refractivity contribution is -0.244. The highest BCUT2D eigenvalue weighted by molar-refractivity contribution is 7.30. The third kappa shape index (κ3) is 9.07. The summed E-state index contributed by atoms with van der Waals surface area (Å²) in [6.07, 6.45) is 4.89. The van der Waals surface area contributed by atoms with E-state index in [1.807, 2.05) is 18.2 Å². The van der Waals surface area contributed by atoms with E-state index in [9.17, 15) is 10.2 Å². The molecule has 39 heavy (non-hydrogen) atoms. The fourth-order valence-corrected chi connectivity index (χ4v) is 5.13. The van der Waals surface area contributed by atoms with Crippen molar-refractivity contribution in [3.63, 3.8) is 0 Å². The molecule has 220 valence electrons. The standard InChI is InChI=1S/C19H31NO.C11H15NO.HO4P.H2/c1-13-9-8-10-20(13)16-12-14(18(2,3)4)11-15(17(16)21)19(5,6)7;1-9-5-4-8-12(9)10-6-2-3-7-11(10)13;1-4-5(2)3;/h11-13,21H,8-10H2,1-7H3;2-3,6-7,9,13H,4-5,8H2,1H3;1H;1H. The molecule has 2 saturated heterocycles. The molecule has 0 saturated carbocycles. The van der Waals surface area contributed by atoms with Crippen LogP contribution in [-0.4, -0.2) is 40.6 Å². The second-order valence-corrected chi connectivity index (χ2v) is 13.2. The average molecular weight is 565 g/mol. The van der Waals surface area contributed by atoms with Crippen LogP contribution in [0.1, 0.15) is 93.6 Å². The first kappa shape index (κ1) is 32.8. The predicted octanol–water partition coefficient (Wildman–Crippen LogP) is 7.10. The molecule has 0 radical (unpaired) electrons. The van der Waals surface area contributed by atoms with E-state index in [4.69, 9.17) is 14.7 Å². The van der Waals surface area contributed by atoms with Crippen LogP contribution in [0.15, 0.2) is 36.4 Å². The van der Waals surface area contributed by atoms with Crippen molar-refractivity contribution in [1.29, 1.82) is 0 Å². The summed E-state index contributed by atoms with van der Waals surface area (Å²) >= 11 is 0. The maximum atomic E-state index is 10.9. The van der Waals surface area contributed by atoms with Crippen LogP contribution in [0.25, 0.3) is 0 Å². The van der Waals surface area contributed by atoms with Crippen molar-refractivity contribution in [3.05, 3.63) is 47.5 Å². The van der Waals surface area contributed by atoms with E-state index in [-0.39, 0.29) is 12.3 Å². The van der Waals surface area contributed by atoms with E-state index in [0.29, 0.717) is 23.6 Å². The number of anilines is 2. The van der Waals surface area contributed by atoms with Gasteiger partial charge in [0.15, 0.2) is 0 Å². The fraction of sp³-hybridized carbons (Fsp3) is 0.600. The molecule has 2 aromatic carbocycles. The van der Waals surface area contributed by atoms with Crippen LogP contribution in [-0.2, 0) is 20.1 Å². The molecule has 8 nitrogen and oxygen atoms in total. The zero-order valence-corrected chi connectivity index (χ0v) is 25.7. The highest BCUT2D eigenvalue weighted by Gasteiger charge is 2.30. The van der Waals surface area contributed by atoms with E-state index in [2.05, 4.69) is 82.0 Å². The van der Waals surface area contributed by atoms with Crippen LogP contribution < -0.4 is 14.7 Å². The Morgan fingerprint density at radius 2 is 1.38 bits per heavy atom. The normalized spacial score (nSPS) is 19.7. The Kier molecular flexibility index (Phi) is 11.6. The van der Waals surface area contributed by atoms with Gasteiger partial charge in [-0.1, -0.05) is 59.7 Å². The maximum Gasteiger partial charge on any atom is 0.521 e. The average Bonchev–Trinajstić information content (AvgIpc) is 3.46. The van der Waals surface area contributed by atoms with Crippen molar-refractivity contribution in [2.75, 3.05) is 22.9 Å². The minimum absolute atomic E-state index is 0. The molecule has 2 aromatic rings. The van der Waals surface area contributed by atoms with Gasteiger partial charge < -0.3 is 24.9 Å². The Bertz CT molecular complexity index is 1100. The van der Waals surface area contributed by atoms with Gasteiger partial charge in [-0.15, -0.1) is 0 Å². The number of nitrogens with zero attached hydrogens (tertiary/aromatic N) is 2. The molecule has 3 N–H and O–H groups in total. The summed E-state index contributed by atoms with van der Waals surface area (Å²) in [6, 6.07) is 13.0. The van der Waals surface area contributed by atoms with Crippen molar-refractivity contribution in [2.45, 2.75) is 104 Å². The van der Waals surface area contributed by atoms with Crippen LogP contribution >= 0.6 is 8.25 Å². The number of aromatic hydroxyl groups is 2. The van der Waals surface area contributed by atoms with Crippen LogP contribution in [0.4, 0.5) is 11.4 Å². The Balaban J connectivity index is 0.000000358. The number of rotatable bonds is 3. The second-order valence-electron chi connectivity index (χ2n) is 12.6. The fourth-order valence-electron chi connectivity index (χ4n) is 5.13. The first-order chi connectivity index (χ1) is 18.1. The van der Waals surface area contributed by atoms with Gasteiger partial charge in [-0.25, -0.2) is 5.26 Å². The van der Waals surface area contributed by atoms with Crippen LogP contribution in [0.2, 0.25) is 0 Å². The first-order valence-electron chi connectivity index (χ1n) is 13.7. The zero-order valence-electron chi connectivity index (χ0n) is 24.8. The summed E-state index contributed by atoms with van der Waals surface area (Å²) in [7, 11) is -3.04. The van der Waals surface area contributed by atoms with Gasteiger partial charge >= 0.3 is 8.25 Å². The minimum atomic E-state index is -3.04. The monoisotopic (exact) mass is 564 g/mol. The maximum absolute atomic E-state index is 10.9. The molecule has 0 aromatic heterocycles. The molecule has 2 fully saturated rings. The van der Waals surface area contributed by atoms with E-state index in [0.717, 1.165) is 30.0 Å². The summed E-state index contributed by atoms with van der Waals surface area (Å²) < 4.78 is 11.6. The molecule has 0 aliphatic carbocycles. The molecule has 0 amide bonds. The molecule has 3 atom stereocenters. The van der Waals surface area contributed by atoms with E-state index in [1.54, 1.807) is 6.07 Å². The Morgan fingerprint density at radius 3 is 1.77 bits per heavy atom. The smallest absolute Gasteiger partial charge is 0.521 e. The number of hydrogen-bond donors (Lipinski definition) is 3. The molecule has 0 spiro atoms. The van der Waals surface area contributed by atoms with Crippen molar-refractivity contribution in [3.8, 4) is 11.5 Å². The molecule has 2 aliphatic rings. The van der Waals surface area contributed by atoms with Gasteiger partial charge in [0.05, 0.1) is 11.4 Å². The molecule has 9 heteroatoms. The first-order valence-corrected chi connectivity index (χ1v) is 14.8. The summed E-state index contributed by atoms with van der Waals surface area (Å²) in [6.45, 7) is 19.8. The quantitative estimate of drug-likeness (QED) is 0.205. The topological polar surface area (TPSA) is 117 Å². The lowest BCUT2D eigenvalue weighted by atomic mass is 9.79. The summed E-state index contributed by atoms with van der Waals surface area (Å²) in [5.41, 5.74) is 4.40. The van der Waals surface area contributed by atoms with Crippen LogP contribution in [0.5, 0.6) is 11.5 Å². The van der Waals surface area contributed by atoms with Crippen molar-refractivity contribution in [1.82, 2.24) is 0 Å². The largest absolute Gasteiger partial charge is 0.565 e. The van der Waals surface area contributed by atoms with Gasteiger partial charge in [-0.3, -0.25) is 0 Å². The van der Waals surface area contributed by atoms with Gasteiger partial charge in [-0.2, -0.15) is 0 Å². The number of hydrogen-bond acceptors (Lipinski definition) is 8. The third-order valence-corrected chi connectivity index (χ3v) is 7.57. The summed E-state index contributed by atoms with van der Waals surface area (Å²) in [5, 5.41) is 27.5. The van der Waals surface area contributed by atoms with Crippen molar-refractivity contribution in [2.24, 2.45) is 0 Å². The van der Waals surface area contributed by atoms with Crippen LogP contribution in [0.3, 0.4) is 0 Å². The molecule has 2 heterocycles. The van der Waals surface area contributed by atoms with Crippen molar-refractivity contribution >= 4 is 19.6 Å². The Labute approximate surface area is 236 Å². The summed E-state index contributed by atoms with van der Waals surface area (Å²) in [4.78, 5) is 13.6. The van der Waals surface area contributed by atoms with Gasteiger partial charge in [0.25, 0.3) is 0 Å². The summed E-state index contributed by atoms with van der Waals surface area (Å²) in [5.74, 6) is 0.875. The number of benzene rings is 2. The second kappa shape index (κ2) is 13.8. The van der Waals surface area contributed by atoms with E-state index >= 15 is 0 Å². The number of phenolic OH excluding ortho intramolecular Hbond substituents is 2. The van der Waals surface area contributed by atoms with Gasteiger partial charge in [0, 0.05) is 36.8 Å². The third-order valence-electron chi connectivity index (χ3n) is 7.44. The minimum Gasteiger partial charge on any atom is -0.565 e. The molecular formula is C30H49N2O6P.